The van der Waals surface area contributed by atoms with E-state index >= 15 is 0 Å². The summed E-state index contributed by atoms with van der Waals surface area (Å²) < 4.78 is 14.3. The maximum Gasteiger partial charge on any atom is 0.304 e. The second-order valence-corrected chi connectivity index (χ2v) is 5.87. The Bertz CT molecular complexity index is 690. The van der Waals surface area contributed by atoms with Crippen molar-refractivity contribution in [3.63, 3.8) is 0 Å². The predicted octanol–water partition coefficient (Wildman–Crippen LogP) is 5.42. The van der Waals surface area contributed by atoms with Gasteiger partial charge in [0, 0.05) is 17.1 Å². The molecule has 0 atom stereocenters. The number of nitrogens with one attached hydrogen (secondary N) is 1. The molecule has 4 nitrogen and oxygen atoms in total. The molecule has 0 saturated carbocycles. The molecule has 21 heavy (non-hydrogen) atoms. The minimum Gasteiger partial charge on any atom is -0.379 e. The van der Waals surface area contributed by atoms with Gasteiger partial charge in [0.05, 0.1) is 20.7 Å². The van der Waals surface area contributed by atoms with Gasteiger partial charge in [-0.3, -0.25) is 10.1 Å². The number of hydrogen-bond acceptors (Lipinski definition) is 3. The van der Waals surface area contributed by atoms with E-state index in [1.807, 2.05) is 0 Å². The molecule has 2 rings (SSSR count). The molecule has 2 aromatic carbocycles. The lowest BCUT2D eigenvalue weighted by molar-refractivity contribution is -0.387. The summed E-state index contributed by atoms with van der Waals surface area (Å²) >= 11 is 15.4. The lowest BCUT2D eigenvalue weighted by Gasteiger charge is -2.11. The van der Waals surface area contributed by atoms with Gasteiger partial charge in [0.15, 0.2) is 0 Å². The highest BCUT2D eigenvalue weighted by atomic mass is 79.9. The summed E-state index contributed by atoms with van der Waals surface area (Å²) in [6, 6.07) is 7.04. The zero-order valence-electron chi connectivity index (χ0n) is 10.4. The maximum atomic E-state index is 13.5. The van der Waals surface area contributed by atoms with Crippen LogP contribution < -0.4 is 5.32 Å². The topological polar surface area (TPSA) is 55.2 Å². The number of anilines is 1. The van der Waals surface area contributed by atoms with Gasteiger partial charge in [-0.2, -0.15) is 4.39 Å². The maximum absolute atomic E-state index is 13.5. The van der Waals surface area contributed by atoms with E-state index < -0.39 is 16.4 Å². The molecule has 0 amide bonds. The first kappa shape index (κ1) is 16.0. The SMILES string of the molecule is O=[N+]([O-])c1ccc(CNc2c(Cl)cc(Br)cc2Cl)cc1F. The van der Waals surface area contributed by atoms with E-state index in [4.69, 9.17) is 23.2 Å². The Morgan fingerprint density at radius 3 is 2.38 bits per heavy atom. The van der Waals surface area contributed by atoms with Crippen molar-refractivity contribution in [2.75, 3.05) is 5.32 Å². The summed E-state index contributed by atoms with van der Waals surface area (Å²) in [6.45, 7) is 0.232. The molecule has 1 N–H and O–H groups in total. The van der Waals surface area contributed by atoms with Crippen molar-refractivity contribution < 1.29 is 9.31 Å². The summed E-state index contributed by atoms with van der Waals surface area (Å²) in [5.74, 6) is -0.882. The normalized spacial score (nSPS) is 10.5. The molecule has 0 radical (unpaired) electrons. The van der Waals surface area contributed by atoms with Gasteiger partial charge in [0.1, 0.15) is 0 Å². The number of nitro benzene ring substituents is 1. The summed E-state index contributed by atoms with van der Waals surface area (Å²) in [5.41, 5.74) is 0.493. The van der Waals surface area contributed by atoms with Crippen LogP contribution in [-0.2, 0) is 6.54 Å². The van der Waals surface area contributed by atoms with E-state index in [2.05, 4.69) is 21.2 Å². The van der Waals surface area contributed by atoms with Gasteiger partial charge in [-0.15, -0.1) is 0 Å². The molecule has 0 saturated heterocycles. The van der Waals surface area contributed by atoms with Crippen LogP contribution in [-0.4, -0.2) is 4.92 Å². The van der Waals surface area contributed by atoms with Crippen molar-refractivity contribution in [2.45, 2.75) is 6.54 Å². The van der Waals surface area contributed by atoms with Gasteiger partial charge in [-0.05, 0) is 23.8 Å². The highest BCUT2D eigenvalue weighted by Gasteiger charge is 2.14. The highest BCUT2D eigenvalue weighted by molar-refractivity contribution is 9.10. The fourth-order valence-corrected chi connectivity index (χ4v) is 3.05. The Kier molecular flexibility index (Phi) is 5.03. The van der Waals surface area contributed by atoms with Crippen LogP contribution in [0.15, 0.2) is 34.8 Å². The summed E-state index contributed by atoms with van der Waals surface area (Å²) in [6.07, 6.45) is 0. The van der Waals surface area contributed by atoms with Crippen molar-refractivity contribution in [3.8, 4) is 0 Å². The van der Waals surface area contributed by atoms with Crippen LogP contribution in [0.25, 0.3) is 0 Å². The van der Waals surface area contributed by atoms with Crippen molar-refractivity contribution in [3.05, 3.63) is 66.3 Å². The van der Waals surface area contributed by atoms with Crippen molar-refractivity contribution in [2.24, 2.45) is 0 Å². The average Bonchev–Trinajstić information content (AvgIpc) is 2.36. The van der Waals surface area contributed by atoms with Crippen LogP contribution >= 0.6 is 39.1 Å². The summed E-state index contributed by atoms with van der Waals surface area (Å²) in [4.78, 5) is 9.78. The molecule has 0 bridgehead atoms. The third kappa shape index (κ3) is 3.84. The zero-order chi connectivity index (χ0) is 15.6. The highest BCUT2D eigenvalue weighted by Crippen LogP contribution is 2.34. The van der Waals surface area contributed by atoms with Gasteiger partial charge in [-0.25, -0.2) is 0 Å². The van der Waals surface area contributed by atoms with Crippen molar-refractivity contribution >= 4 is 50.5 Å². The van der Waals surface area contributed by atoms with E-state index in [-0.39, 0.29) is 6.54 Å². The lowest BCUT2D eigenvalue weighted by atomic mass is 10.2. The Balaban J connectivity index is 2.17. The third-order valence-electron chi connectivity index (χ3n) is 2.68. The Morgan fingerprint density at radius 2 is 1.86 bits per heavy atom. The van der Waals surface area contributed by atoms with Gasteiger partial charge in [0.25, 0.3) is 0 Å². The smallest absolute Gasteiger partial charge is 0.304 e. The minimum absolute atomic E-state index is 0.232. The quantitative estimate of drug-likeness (QED) is 0.557. The van der Waals surface area contributed by atoms with Crippen LogP contribution in [0.1, 0.15) is 5.56 Å². The molecule has 0 unspecified atom stereocenters. The molecule has 0 aliphatic carbocycles. The Labute approximate surface area is 138 Å². The number of nitrogens with zero attached hydrogens (tertiary/aromatic N) is 1. The Morgan fingerprint density at radius 1 is 1.24 bits per heavy atom. The number of hydrogen-bond donors (Lipinski definition) is 1. The molecule has 0 heterocycles. The number of benzene rings is 2. The first-order valence-corrected chi connectivity index (χ1v) is 7.24. The molecule has 0 spiro atoms. The zero-order valence-corrected chi connectivity index (χ0v) is 13.5. The van der Waals surface area contributed by atoms with Crippen LogP contribution in [0.3, 0.4) is 0 Å². The van der Waals surface area contributed by atoms with Gasteiger partial charge in [0.2, 0.25) is 5.82 Å². The third-order valence-corrected chi connectivity index (χ3v) is 3.74. The number of halogens is 4. The van der Waals surface area contributed by atoms with Crippen LogP contribution in [0.2, 0.25) is 10.0 Å². The molecule has 110 valence electrons. The van der Waals surface area contributed by atoms with E-state index in [0.717, 1.165) is 16.6 Å². The fourth-order valence-electron chi connectivity index (χ4n) is 1.71. The van der Waals surface area contributed by atoms with Crippen molar-refractivity contribution in [1.82, 2.24) is 0 Å². The molecule has 0 aromatic heterocycles. The molecular weight excluding hydrogens is 386 g/mol. The van der Waals surface area contributed by atoms with Crippen LogP contribution in [0, 0.1) is 15.9 Å². The second kappa shape index (κ2) is 6.60. The molecule has 0 aliphatic heterocycles. The summed E-state index contributed by atoms with van der Waals surface area (Å²) in [5, 5.41) is 14.4. The molecular formula is C13H8BrCl2FN2O2. The first-order chi connectivity index (χ1) is 9.88. The molecule has 0 fully saturated rings. The van der Waals surface area contributed by atoms with Crippen molar-refractivity contribution in [1.29, 1.82) is 0 Å². The molecule has 0 aliphatic rings. The van der Waals surface area contributed by atoms with Crippen LogP contribution in [0.4, 0.5) is 15.8 Å². The number of rotatable bonds is 4. The van der Waals surface area contributed by atoms with Gasteiger partial charge < -0.3 is 5.32 Å². The monoisotopic (exact) mass is 392 g/mol. The average molecular weight is 394 g/mol. The van der Waals surface area contributed by atoms with Gasteiger partial charge >= 0.3 is 5.69 Å². The minimum atomic E-state index is -0.882. The fraction of sp³-hybridized carbons (Fsp3) is 0.0769. The Hall–Kier alpha value is -1.37. The van der Waals surface area contributed by atoms with Gasteiger partial charge in [-0.1, -0.05) is 45.2 Å². The standard InChI is InChI=1S/C13H8BrCl2FN2O2/c14-8-4-9(15)13(10(16)5-8)18-6-7-1-2-12(19(20)21)11(17)3-7/h1-5,18H,6H2. The van der Waals surface area contributed by atoms with E-state index in [1.54, 1.807) is 12.1 Å². The lowest BCUT2D eigenvalue weighted by Crippen LogP contribution is -2.02. The second-order valence-electron chi connectivity index (χ2n) is 4.14. The molecule has 2 aromatic rings. The number of nitro groups is 1. The van der Waals surface area contributed by atoms with E-state index in [1.165, 1.54) is 6.07 Å². The first-order valence-electron chi connectivity index (χ1n) is 5.69. The van der Waals surface area contributed by atoms with E-state index in [9.17, 15) is 14.5 Å². The van der Waals surface area contributed by atoms with Crippen LogP contribution in [0.5, 0.6) is 0 Å². The predicted molar refractivity (Wildman–Crippen MR) is 84.5 cm³/mol. The van der Waals surface area contributed by atoms with E-state index in [0.29, 0.717) is 21.3 Å². The summed E-state index contributed by atoms with van der Waals surface area (Å²) in [7, 11) is 0. The largest absolute Gasteiger partial charge is 0.379 e. The molecule has 8 heteroatoms.